The van der Waals surface area contributed by atoms with Crippen molar-refractivity contribution in [1.29, 1.82) is 0 Å². The Labute approximate surface area is 153 Å². The molecule has 0 aromatic heterocycles. The fourth-order valence-electron chi connectivity index (χ4n) is 3.77. The molecule has 0 spiro atoms. The van der Waals surface area contributed by atoms with Gasteiger partial charge in [0.05, 0.1) is 6.04 Å². The molecule has 3 aromatic rings. The Morgan fingerprint density at radius 3 is 1.85 bits per heavy atom. The van der Waals surface area contributed by atoms with Gasteiger partial charge in [0, 0.05) is 0 Å². The van der Waals surface area contributed by atoms with Gasteiger partial charge in [0.25, 0.3) is 0 Å². The van der Waals surface area contributed by atoms with Crippen LogP contribution in [-0.2, 0) is 21.6 Å². The van der Waals surface area contributed by atoms with E-state index in [1.54, 1.807) is 0 Å². The van der Waals surface area contributed by atoms with Crippen molar-refractivity contribution in [2.75, 3.05) is 6.61 Å². The number of morpholine rings is 1. The number of carbonyl (C=O) groups is 1. The number of carbonyl (C=O) groups excluding carboxylic acids is 1. The normalized spacial score (nSPS) is 18.9. The van der Waals surface area contributed by atoms with E-state index in [-0.39, 0.29) is 18.6 Å². The van der Waals surface area contributed by atoms with Crippen molar-refractivity contribution in [2.45, 2.75) is 18.1 Å². The maximum absolute atomic E-state index is 12.2. The van der Waals surface area contributed by atoms with Crippen molar-refractivity contribution >= 4 is 5.91 Å². The van der Waals surface area contributed by atoms with E-state index in [2.05, 4.69) is 41.7 Å². The molecule has 4 rings (SSSR count). The van der Waals surface area contributed by atoms with Crippen LogP contribution in [0.5, 0.6) is 0 Å². The molecule has 0 radical (unpaired) electrons. The van der Waals surface area contributed by atoms with E-state index < -0.39 is 5.60 Å². The molecule has 1 fully saturated rings. The first-order chi connectivity index (χ1) is 12.8. The molecule has 3 nitrogen and oxygen atoms in total. The molecule has 0 aliphatic carbocycles. The summed E-state index contributed by atoms with van der Waals surface area (Å²) in [5.41, 5.74) is 2.55. The van der Waals surface area contributed by atoms with E-state index in [1.807, 2.05) is 54.6 Å². The molecular weight excluding hydrogens is 322 g/mol. The molecule has 3 heteroatoms. The summed E-state index contributed by atoms with van der Waals surface area (Å²) < 4.78 is 6.32. The molecule has 3 aromatic carbocycles. The maximum atomic E-state index is 12.2. The number of hydrogen-bond donors (Lipinski definition) is 1. The topological polar surface area (TPSA) is 38.3 Å². The van der Waals surface area contributed by atoms with Crippen LogP contribution in [0.25, 0.3) is 0 Å². The SMILES string of the molecule is O=C1COC(c2ccccc2)(c2ccccc2)[C@H](Cc2ccccc2)N1. The van der Waals surface area contributed by atoms with Crippen molar-refractivity contribution in [3.63, 3.8) is 0 Å². The Kier molecular flexibility index (Phi) is 4.55. The van der Waals surface area contributed by atoms with Crippen LogP contribution in [0.1, 0.15) is 16.7 Å². The summed E-state index contributed by atoms with van der Waals surface area (Å²) in [7, 11) is 0. The molecule has 1 amide bonds. The minimum Gasteiger partial charge on any atom is -0.354 e. The molecule has 1 heterocycles. The Hall–Kier alpha value is -2.91. The Balaban J connectivity index is 1.85. The van der Waals surface area contributed by atoms with Gasteiger partial charge in [-0.3, -0.25) is 4.79 Å². The van der Waals surface area contributed by atoms with Crippen LogP contribution >= 0.6 is 0 Å². The van der Waals surface area contributed by atoms with Crippen molar-refractivity contribution in [1.82, 2.24) is 5.32 Å². The van der Waals surface area contributed by atoms with Crippen LogP contribution in [0.3, 0.4) is 0 Å². The first-order valence-electron chi connectivity index (χ1n) is 8.87. The second-order valence-corrected chi connectivity index (χ2v) is 6.57. The number of nitrogens with one attached hydrogen (secondary N) is 1. The molecule has 130 valence electrons. The molecule has 0 unspecified atom stereocenters. The average molecular weight is 343 g/mol. The number of amides is 1. The van der Waals surface area contributed by atoms with Crippen molar-refractivity contribution in [3.8, 4) is 0 Å². The van der Waals surface area contributed by atoms with E-state index in [0.29, 0.717) is 6.42 Å². The zero-order valence-electron chi connectivity index (χ0n) is 14.5. The summed E-state index contributed by atoms with van der Waals surface area (Å²) in [4.78, 5) is 12.2. The molecule has 0 saturated carbocycles. The minimum absolute atomic E-state index is 0.0507. The lowest BCUT2D eigenvalue weighted by Gasteiger charge is -2.45. The first-order valence-corrected chi connectivity index (χ1v) is 8.87. The molecule has 1 aliphatic heterocycles. The number of ether oxygens (including phenoxy) is 1. The lowest BCUT2D eigenvalue weighted by atomic mass is 9.76. The van der Waals surface area contributed by atoms with Gasteiger partial charge >= 0.3 is 0 Å². The second-order valence-electron chi connectivity index (χ2n) is 6.57. The fourth-order valence-corrected chi connectivity index (χ4v) is 3.77. The molecular formula is C23H21NO2. The van der Waals surface area contributed by atoms with Crippen molar-refractivity contribution in [2.24, 2.45) is 0 Å². The van der Waals surface area contributed by atoms with E-state index in [4.69, 9.17) is 4.74 Å². The third-order valence-electron chi connectivity index (χ3n) is 4.94. The summed E-state index contributed by atoms with van der Waals surface area (Å²) in [6.07, 6.45) is 0.691. The number of hydrogen-bond acceptors (Lipinski definition) is 2. The monoisotopic (exact) mass is 343 g/mol. The standard InChI is InChI=1S/C23H21NO2/c25-22-17-26-23(19-12-6-2-7-13-19,20-14-8-3-9-15-20)21(24-22)16-18-10-4-1-5-11-18/h1-15,21H,16-17H2,(H,24,25)/t21-/m0/s1. The molecule has 0 bridgehead atoms. The highest BCUT2D eigenvalue weighted by Crippen LogP contribution is 2.40. The Morgan fingerprint density at radius 2 is 1.31 bits per heavy atom. The highest BCUT2D eigenvalue weighted by atomic mass is 16.5. The quantitative estimate of drug-likeness (QED) is 0.785. The van der Waals surface area contributed by atoms with E-state index in [9.17, 15) is 4.79 Å². The largest absolute Gasteiger partial charge is 0.354 e. The van der Waals surface area contributed by atoms with Gasteiger partial charge in [-0.15, -0.1) is 0 Å². The van der Waals surface area contributed by atoms with Gasteiger partial charge in [0.2, 0.25) is 5.91 Å². The zero-order chi connectivity index (χ0) is 17.8. The van der Waals surface area contributed by atoms with Crippen LogP contribution in [0.2, 0.25) is 0 Å². The van der Waals surface area contributed by atoms with E-state index >= 15 is 0 Å². The molecule has 1 N–H and O–H groups in total. The maximum Gasteiger partial charge on any atom is 0.246 e. The predicted octanol–water partition coefficient (Wildman–Crippen LogP) is 3.69. The van der Waals surface area contributed by atoms with Gasteiger partial charge in [0.15, 0.2) is 0 Å². The smallest absolute Gasteiger partial charge is 0.246 e. The summed E-state index contributed by atoms with van der Waals surface area (Å²) in [6.45, 7) is 0.0507. The molecule has 1 atom stereocenters. The van der Waals surface area contributed by atoms with Crippen LogP contribution in [0.15, 0.2) is 91.0 Å². The highest BCUT2D eigenvalue weighted by Gasteiger charge is 2.47. The summed E-state index contributed by atoms with van der Waals surface area (Å²) in [5, 5.41) is 3.19. The third-order valence-corrected chi connectivity index (χ3v) is 4.94. The lowest BCUT2D eigenvalue weighted by molar-refractivity contribution is -0.147. The third kappa shape index (κ3) is 3.02. The average Bonchev–Trinajstić information content (AvgIpc) is 2.71. The summed E-state index contributed by atoms with van der Waals surface area (Å²) in [5.74, 6) is -0.0755. The lowest BCUT2D eigenvalue weighted by Crippen LogP contribution is -2.59. The summed E-state index contributed by atoms with van der Waals surface area (Å²) >= 11 is 0. The minimum atomic E-state index is -0.716. The van der Waals surface area contributed by atoms with Crippen LogP contribution < -0.4 is 5.32 Å². The van der Waals surface area contributed by atoms with Gasteiger partial charge < -0.3 is 10.1 Å². The first kappa shape index (κ1) is 16.6. The van der Waals surface area contributed by atoms with E-state index in [0.717, 1.165) is 11.1 Å². The van der Waals surface area contributed by atoms with Crippen LogP contribution in [0, 0.1) is 0 Å². The Morgan fingerprint density at radius 1 is 0.808 bits per heavy atom. The summed E-state index contributed by atoms with van der Waals surface area (Å²) in [6, 6.07) is 30.3. The molecule has 26 heavy (non-hydrogen) atoms. The second kappa shape index (κ2) is 7.14. The fraction of sp³-hybridized carbons (Fsp3) is 0.174. The predicted molar refractivity (Wildman–Crippen MR) is 102 cm³/mol. The van der Waals surface area contributed by atoms with Gasteiger partial charge in [-0.1, -0.05) is 91.0 Å². The van der Waals surface area contributed by atoms with Crippen molar-refractivity contribution in [3.05, 3.63) is 108 Å². The van der Waals surface area contributed by atoms with Crippen molar-refractivity contribution < 1.29 is 9.53 Å². The number of rotatable bonds is 4. The number of benzene rings is 3. The van der Waals surface area contributed by atoms with Gasteiger partial charge in [-0.2, -0.15) is 0 Å². The van der Waals surface area contributed by atoms with Gasteiger partial charge in [0.1, 0.15) is 12.2 Å². The van der Waals surface area contributed by atoms with Gasteiger partial charge in [-0.05, 0) is 23.1 Å². The van der Waals surface area contributed by atoms with Crippen LogP contribution in [0.4, 0.5) is 0 Å². The zero-order valence-corrected chi connectivity index (χ0v) is 14.5. The molecule has 1 saturated heterocycles. The van der Waals surface area contributed by atoms with Gasteiger partial charge in [-0.25, -0.2) is 0 Å². The van der Waals surface area contributed by atoms with Crippen LogP contribution in [-0.4, -0.2) is 18.6 Å². The van der Waals surface area contributed by atoms with E-state index in [1.165, 1.54) is 5.56 Å². The molecule has 1 aliphatic rings. The highest BCUT2D eigenvalue weighted by molar-refractivity contribution is 5.79. The Bertz CT molecular complexity index is 823.